The summed E-state index contributed by atoms with van der Waals surface area (Å²) in [5.41, 5.74) is 1.57. The molecule has 1 aliphatic heterocycles. The number of hydrogen-bond acceptors (Lipinski definition) is 6. The summed E-state index contributed by atoms with van der Waals surface area (Å²) in [6, 6.07) is 11.5. The highest BCUT2D eigenvalue weighted by atomic mass is 16.1. The zero-order chi connectivity index (χ0) is 18.4. The Balaban J connectivity index is 1.41. The second-order valence-electron chi connectivity index (χ2n) is 6.69. The highest BCUT2D eigenvalue weighted by molar-refractivity contribution is 5.78. The van der Waals surface area contributed by atoms with Gasteiger partial charge in [0, 0.05) is 45.6 Å². The molecule has 27 heavy (non-hydrogen) atoms. The van der Waals surface area contributed by atoms with E-state index in [4.69, 9.17) is 4.98 Å². The van der Waals surface area contributed by atoms with Crippen molar-refractivity contribution in [2.75, 3.05) is 36.0 Å². The van der Waals surface area contributed by atoms with E-state index in [1.807, 2.05) is 42.6 Å². The smallest absolute Gasteiger partial charge is 0.262 e. The molecule has 0 amide bonds. The molecular formula is C19H19N7O. The van der Waals surface area contributed by atoms with E-state index < -0.39 is 0 Å². The van der Waals surface area contributed by atoms with Crippen molar-refractivity contribution in [3.05, 3.63) is 59.1 Å². The molecule has 0 aliphatic carbocycles. The average molecular weight is 361 g/mol. The van der Waals surface area contributed by atoms with Crippen molar-refractivity contribution < 1.29 is 0 Å². The largest absolute Gasteiger partial charge is 0.352 e. The van der Waals surface area contributed by atoms with Crippen LogP contribution in [0.5, 0.6) is 0 Å². The van der Waals surface area contributed by atoms with Crippen LogP contribution in [0.3, 0.4) is 0 Å². The van der Waals surface area contributed by atoms with E-state index in [1.54, 1.807) is 22.3 Å². The lowest BCUT2D eigenvalue weighted by atomic mass is 10.2. The normalized spacial score (nSPS) is 15.0. The Labute approximate surface area is 155 Å². The molecule has 1 fully saturated rings. The summed E-state index contributed by atoms with van der Waals surface area (Å²) >= 11 is 0. The van der Waals surface area contributed by atoms with Crippen LogP contribution in [0.15, 0.2) is 53.6 Å². The topological polar surface area (TPSA) is 71.6 Å². The van der Waals surface area contributed by atoms with Crippen molar-refractivity contribution >= 4 is 28.3 Å². The highest BCUT2D eigenvalue weighted by Crippen LogP contribution is 2.19. The number of rotatable bonds is 2. The van der Waals surface area contributed by atoms with Gasteiger partial charge in [0.15, 0.2) is 5.65 Å². The lowest BCUT2D eigenvalue weighted by Crippen LogP contribution is -2.48. The fourth-order valence-corrected chi connectivity index (χ4v) is 3.60. The SMILES string of the molecule is Cn1c(N2CCN(c3ccc4nccn4n3)CC2)nc2ccccc2c1=O. The second kappa shape index (κ2) is 6.08. The molecule has 3 aromatic heterocycles. The van der Waals surface area contributed by atoms with Gasteiger partial charge >= 0.3 is 0 Å². The van der Waals surface area contributed by atoms with Crippen molar-refractivity contribution in [2.45, 2.75) is 0 Å². The molecule has 4 aromatic rings. The van der Waals surface area contributed by atoms with E-state index in [0.29, 0.717) is 5.39 Å². The Morgan fingerprint density at radius 3 is 2.59 bits per heavy atom. The quantitative estimate of drug-likeness (QED) is 0.536. The first-order valence-corrected chi connectivity index (χ1v) is 8.97. The van der Waals surface area contributed by atoms with Crippen molar-refractivity contribution in [2.24, 2.45) is 7.05 Å². The molecule has 4 heterocycles. The van der Waals surface area contributed by atoms with Gasteiger partial charge in [-0.1, -0.05) is 12.1 Å². The van der Waals surface area contributed by atoms with Gasteiger partial charge in [0.05, 0.1) is 10.9 Å². The maximum atomic E-state index is 12.6. The predicted octanol–water partition coefficient (Wildman–Crippen LogP) is 1.30. The minimum Gasteiger partial charge on any atom is -0.352 e. The lowest BCUT2D eigenvalue weighted by Gasteiger charge is -2.36. The first-order valence-electron chi connectivity index (χ1n) is 8.97. The molecule has 136 valence electrons. The summed E-state index contributed by atoms with van der Waals surface area (Å²) < 4.78 is 3.43. The standard InChI is InChI=1S/C19H19N7O/c1-23-18(27)14-4-2-3-5-15(14)21-19(23)25-12-10-24(11-13-25)17-7-6-16-20-8-9-26(16)22-17/h2-9H,10-13H2,1H3. The number of hydrogen-bond donors (Lipinski definition) is 0. The molecule has 5 rings (SSSR count). The minimum atomic E-state index is -0.00902. The molecule has 0 spiro atoms. The van der Waals surface area contributed by atoms with Crippen molar-refractivity contribution in [3.8, 4) is 0 Å². The third-order valence-corrected chi connectivity index (χ3v) is 5.09. The molecule has 0 atom stereocenters. The maximum Gasteiger partial charge on any atom is 0.262 e. The maximum absolute atomic E-state index is 12.6. The van der Waals surface area contributed by atoms with Gasteiger partial charge in [-0.15, -0.1) is 5.10 Å². The zero-order valence-electron chi connectivity index (χ0n) is 15.0. The number of benzene rings is 1. The number of piperazine rings is 1. The van der Waals surface area contributed by atoms with Gasteiger partial charge in [0.25, 0.3) is 5.56 Å². The summed E-state index contributed by atoms with van der Waals surface area (Å²) in [6.07, 6.45) is 3.60. The van der Waals surface area contributed by atoms with Gasteiger partial charge in [-0.25, -0.2) is 14.5 Å². The molecule has 1 aromatic carbocycles. The van der Waals surface area contributed by atoms with Gasteiger partial charge < -0.3 is 9.80 Å². The van der Waals surface area contributed by atoms with Crippen molar-refractivity contribution in [3.63, 3.8) is 0 Å². The molecule has 0 saturated carbocycles. The molecule has 8 nitrogen and oxygen atoms in total. The number of imidazole rings is 1. The Kier molecular flexibility index (Phi) is 3.56. The Morgan fingerprint density at radius 1 is 0.963 bits per heavy atom. The van der Waals surface area contributed by atoms with Gasteiger partial charge in [-0.05, 0) is 24.3 Å². The van der Waals surface area contributed by atoms with Gasteiger partial charge in [0.1, 0.15) is 5.82 Å². The summed E-state index contributed by atoms with van der Waals surface area (Å²) in [4.78, 5) is 26.0. The average Bonchev–Trinajstić information content (AvgIpc) is 3.19. The minimum absolute atomic E-state index is 0.00902. The van der Waals surface area contributed by atoms with E-state index in [9.17, 15) is 4.79 Å². The number of anilines is 2. The Hall–Kier alpha value is -3.42. The van der Waals surface area contributed by atoms with Crippen LogP contribution in [0.1, 0.15) is 0 Å². The molecule has 0 unspecified atom stereocenters. The third kappa shape index (κ3) is 2.61. The van der Waals surface area contributed by atoms with Crippen LogP contribution in [0.25, 0.3) is 16.6 Å². The van der Waals surface area contributed by atoms with E-state index in [-0.39, 0.29) is 5.56 Å². The van der Waals surface area contributed by atoms with E-state index in [1.165, 1.54) is 0 Å². The molecule has 1 aliphatic rings. The summed E-state index contributed by atoms with van der Waals surface area (Å²) in [5, 5.41) is 5.27. The first kappa shape index (κ1) is 15.8. The van der Waals surface area contributed by atoms with E-state index >= 15 is 0 Å². The Morgan fingerprint density at radius 2 is 1.74 bits per heavy atom. The molecule has 0 bridgehead atoms. The fraction of sp³-hybridized carbons (Fsp3) is 0.263. The van der Waals surface area contributed by atoms with Crippen LogP contribution < -0.4 is 15.4 Å². The highest BCUT2D eigenvalue weighted by Gasteiger charge is 2.22. The number of para-hydroxylation sites is 1. The molecule has 0 N–H and O–H groups in total. The Bertz CT molecular complexity index is 1190. The van der Waals surface area contributed by atoms with Gasteiger partial charge in [-0.3, -0.25) is 9.36 Å². The summed E-state index contributed by atoms with van der Waals surface area (Å²) in [7, 11) is 1.79. The zero-order valence-corrected chi connectivity index (χ0v) is 15.0. The van der Waals surface area contributed by atoms with Crippen LogP contribution in [-0.2, 0) is 7.05 Å². The summed E-state index contributed by atoms with van der Waals surface area (Å²) in [6.45, 7) is 3.19. The lowest BCUT2D eigenvalue weighted by molar-refractivity contribution is 0.615. The summed E-state index contributed by atoms with van der Waals surface area (Å²) in [5.74, 6) is 1.65. The number of aromatic nitrogens is 5. The van der Waals surface area contributed by atoms with Crippen LogP contribution in [0, 0.1) is 0 Å². The van der Waals surface area contributed by atoms with Crippen LogP contribution >= 0.6 is 0 Å². The third-order valence-electron chi connectivity index (χ3n) is 5.09. The molecular weight excluding hydrogens is 342 g/mol. The molecule has 1 saturated heterocycles. The van der Waals surface area contributed by atoms with E-state index in [2.05, 4.69) is 19.9 Å². The first-order chi connectivity index (χ1) is 13.2. The monoisotopic (exact) mass is 361 g/mol. The van der Waals surface area contributed by atoms with Gasteiger partial charge in [0.2, 0.25) is 5.95 Å². The number of nitrogens with zero attached hydrogens (tertiary/aromatic N) is 7. The van der Waals surface area contributed by atoms with Crippen LogP contribution in [0.4, 0.5) is 11.8 Å². The van der Waals surface area contributed by atoms with Crippen molar-refractivity contribution in [1.82, 2.24) is 24.1 Å². The molecule has 8 heteroatoms. The van der Waals surface area contributed by atoms with Crippen LogP contribution in [0.2, 0.25) is 0 Å². The number of fused-ring (bicyclic) bond motifs is 2. The van der Waals surface area contributed by atoms with Crippen LogP contribution in [-0.4, -0.2) is 50.3 Å². The second-order valence-corrected chi connectivity index (χ2v) is 6.69. The molecule has 0 radical (unpaired) electrons. The fourth-order valence-electron chi connectivity index (χ4n) is 3.60. The van der Waals surface area contributed by atoms with Gasteiger partial charge in [-0.2, -0.15) is 0 Å². The predicted molar refractivity (Wildman–Crippen MR) is 104 cm³/mol. The van der Waals surface area contributed by atoms with E-state index in [0.717, 1.165) is 49.1 Å². The van der Waals surface area contributed by atoms with Crippen molar-refractivity contribution in [1.29, 1.82) is 0 Å².